The zero-order valence-electron chi connectivity index (χ0n) is 19.3. The Morgan fingerprint density at radius 1 is 0.972 bits per heavy atom. The maximum Gasteiger partial charge on any atom is 0.294 e. The Labute approximate surface area is 219 Å². The fourth-order valence-electron chi connectivity index (χ4n) is 4.08. The number of nitro groups is 1. The molecule has 1 aliphatic heterocycles. The molecule has 10 heteroatoms. The van der Waals surface area contributed by atoms with Gasteiger partial charge in [0.15, 0.2) is 5.71 Å². The van der Waals surface area contributed by atoms with Crippen LogP contribution in [-0.4, -0.2) is 27.3 Å². The predicted octanol–water partition coefficient (Wildman–Crippen LogP) is 6.13. The SMILES string of the molecule is CC(C)N1C(=O)C(=Nn2c(-c3ccccc3Br)csc2=Nc2ccccc2[N+](=O)[O-])c2ccccc21. The van der Waals surface area contributed by atoms with Gasteiger partial charge in [0.2, 0.25) is 4.80 Å². The second-order valence-corrected chi connectivity index (χ2v) is 9.98. The number of anilines is 1. The summed E-state index contributed by atoms with van der Waals surface area (Å²) >= 11 is 4.89. The molecule has 1 aromatic heterocycles. The van der Waals surface area contributed by atoms with E-state index in [0.29, 0.717) is 10.5 Å². The maximum absolute atomic E-state index is 13.5. The highest BCUT2D eigenvalue weighted by Crippen LogP contribution is 2.33. The van der Waals surface area contributed by atoms with Gasteiger partial charge in [-0.25, -0.2) is 9.67 Å². The maximum atomic E-state index is 13.5. The van der Waals surface area contributed by atoms with Crippen LogP contribution in [0.25, 0.3) is 11.3 Å². The number of nitro benzene ring substituents is 1. The average Bonchev–Trinajstić information content (AvgIpc) is 3.38. The highest BCUT2D eigenvalue weighted by Gasteiger charge is 2.35. The minimum atomic E-state index is -0.464. The molecule has 0 bridgehead atoms. The van der Waals surface area contributed by atoms with Gasteiger partial charge in [-0.3, -0.25) is 14.9 Å². The number of carbonyl (C=O) groups excluding carboxylic acids is 1. The summed E-state index contributed by atoms with van der Waals surface area (Å²) in [7, 11) is 0. The predicted molar refractivity (Wildman–Crippen MR) is 145 cm³/mol. The quantitative estimate of drug-likeness (QED) is 0.217. The molecule has 4 aromatic rings. The molecule has 0 radical (unpaired) electrons. The van der Waals surface area contributed by atoms with Gasteiger partial charge in [-0.05, 0) is 32.0 Å². The second-order valence-electron chi connectivity index (χ2n) is 8.29. The van der Waals surface area contributed by atoms with E-state index in [0.717, 1.165) is 21.3 Å². The van der Waals surface area contributed by atoms with Crippen LogP contribution in [0.15, 0.2) is 92.7 Å². The third kappa shape index (κ3) is 4.18. The van der Waals surface area contributed by atoms with Crippen molar-refractivity contribution in [1.29, 1.82) is 0 Å². The van der Waals surface area contributed by atoms with Gasteiger partial charge >= 0.3 is 0 Å². The monoisotopic (exact) mass is 561 g/mol. The molecule has 1 aliphatic rings. The second kappa shape index (κ2) is 9.63. The minimum Gasteiger partial charge on any atom is -0.304 e. The molecule has 0 aliphatic carbocycles. The molecule has 180 valence electrons. The molecular weight excluding hydrogens is 542 g/mol. The fraction of sp³-hybridized carbons (Fsp3) is 0.115. The van der Waals surface area contributed by atoms with Crippen LogP contribution >= 0.6 is 27.3 Å². The molecule has 3 aromatic carbocycles. The molecule has 5 rings (SSSR count). The summed E-state index contributed by atoms with van der Waals surface area (Å²) in [6.07, 6.45) is 0. The van der Waals surface area contributed by atoms with E-state index in [-0.39, 0.29) is 29.0 Å². The third-order valence-corrected chi connectivity index (χ3v) is 7.19. The van der Waals surface area contributed by atoms with Crippen molar-refractivity contribution in [3.8, 4) is 11.3 Å². The topological polar surface area (TPSA) is 93.1 Å². The number of fused-ring (bicyclic) bond motifs is 1. The molecule has 0 unspecified atom stereocenters. The molecule has 8 nitrogen and oxygen atoms in total. The van der Waals surface area contributed by atoms with Crippen molar-refractivity contribution < 1.29 is 9.72 Å². The minimum absolute atomic E-state index is 0.0577. The summed E-state index contributed by atoms with van der Waals surface area (Å²) in [5.41, 5.74) is 3.46. The number of nitrogens with zero attached hydrogens (tertiary/aromatic N) is 5. The zero-order valence-corrected chi connectivity index (χ0v) is 21.7. The van der Waals surface area contributed by atoms with Gasteiger partial charge in [0.25, 0.3) is 11.6 Å². The van der Waals surface area contributed by atoms with Gasteiger partial charge in [-0.15, -0.1) is 11.3 Å². The average molecular weight is 562 g/mol. The number of amides is 1. The summed E-state index contributed by atoms with van der Waals surface area (Å²) in [6.45, 7) is 3.91. The number of para-hydroxylation sites is 3. The first-order valence-electron chi connectivity index (χ1n) is 11.1. The molecule has 0 atom stereocenters. The van der Waals surface area contributed by atoms with Crippen LogP contribution in [0.4, 0.5) is 17.1 Å². The van der Waals surface area contributed by atoms with E-state index in [9.17, 15) is 14.9 Å². The Kier molecular flexibility index (Phi) is 6.38. The van der Waals surface area contributed by atoms with Crippen LogP contribution in [0, 0.1) is 10.1 Å². The number of aromatic nitrogens is 1. The Morgan fingerprint density at radius 2 is 1.64 bits per heavy atom. The van der Waals surface area contributed by atoms with E-state index in [2.05, 4.69) is 20.9 Å². The first kappa shape index (κ1) is 23.8. The first-order chi connectivity index (χ1) is 17.4. The smallest absolute Gasteiger partial charge is 0.294 e. The number of rotatable bonds is 5. The summed E-state index contributed by atoms with van der Waals surface area (Å²) in [5.74, 6) is -0.209. The van der Waals surface area contributed by atoms with Crippen molar-refractivity contribution in [2.75, 3.05) is 4.90 Å². The van der Waals surface area contributed by atoms with E-state index < -0.39 is 4.92 Å². The number of thiazole rings is 1. The van der Waals surface area contributed by atoms with Gasteiger partial charge < -0.3 is 4.90 Å². The van der Waals surface area contributed by atoms with E-state index in [4.69, 9.17) is 5.10 Å². The number of hydrogen-bond acceptors (Lipinski definition) is 6. The summed E-state index contributed by atoms with van der Waals surface area (Å²) in [6, 6.07) is 21.4. The highest BCUT2D eigenvalue weighted by atomic mass is 79.9. The van der Waals surface area contributed by atoms with E-state index in [1.54, 1.807) is 27.8 Å². The van der Waals surface area contributed by atoms with Gasteiger partial charge in [-0.2, -0.15) is 5.10 Å². The van der Waals surface area contributed by atoms with Crippen molar-refractivity contribution in [3.05, 3.63) is 103 Å². The Morgan fingerprint density at radius 3 is 2.36 bits per heavy atom. The number of carbonyl (C=O) groups is 1. The van der Waals surface area contributed by atoms with Gasteiger partial charge in [-0.1, -0.05) is 64.5 Å². The Bertz CT molecular complexity index is 1600. The summed E-state index contributed by atoms with van der Waals surface area (Å²) in [4.78, 5) is 31.4. The van der Waals surface area contributed by atoms with Crippen LogP contribution < -0.4 is 9.70 Å². The lowest BCUT2D eigenvalue weighted by atomic mass is 10.1. The van der Waals surface area contributed by atoms with E-state index in [1.807, 2.05) is 67.8 Å². The molecule has 1 amide bonds. The molecule has 0 fully saturated rings. The van der Waals surface area contributed by atoms with Crippen LogP contribution in [0.3, 0.4) is 0 Å². The van der Waals surface area contributed by atoms with E-state index >= 15 is 0 Å². The molecule has 0 spiro atoms. The normalized spacial score (nSPS) is 14.7. The molecule has 0 saturated heterocycles. The lowest BCUT2D eigenvalue weighted by Gasteiger charge is -2.20. The number of benzene rings is 3. The molecule has 0 N–H and O–H groups in total. The van der Waals surface area contributed by atoms with Crippen molar-refractivity contribution >= 4 is 55.9 Å². The first-order valence-corrected chi connectivity index (χ1v) is 12.8. The largest absolute Gasteiger partial charge is 0.304 e. The Hall–Kier alpha value is -3.89. The van der Waals surface area contributed by atoms with E-state index in [1.165, 1.54) is 17.4 Å². The van der Waals surface area contributed by atoms with Crippen molar-refractivity contribution in [1.82, 2.24) is 4.68 Å². The standard InChI is InChI=1S/C26H20BrN5O3S/c1-16(2)30-21-13-7-4-10-18(21)24(25(30)33)29-31-23(17-9-3-5-11-19(17)27)15-36-26(31)28-20-12-6-8-14-22(20)32(34)35/h3-16H,1-2H3. The number of hydrogen-bond donors (Lipinski definition) is 0. The summed E-state index contributed by atoms with van der Waals surface area (Å²) in [5, 5.41) is 18.3. The molecule has 36 heavy (non-hydrogen) atoms. The van der Waals surface area contributed by atoms with Gasteiger partial charge in [0.05, 0.1) is 16.3 Å². The lowest BCUT2D eigenvalue weighted by molar-refractivity contribution is -0.384. The van der Waals surface area contributed by atoms with Crippen molar-refractivity contribution in [3.63, 3.8) is 0 Å². The van der Waals surface area contributed by atoms with Crippen LogP contribution in [0.1, 0.15) is 19.4 Å². The van der Waals surface area contributed by atoms with Gasteiger partial charge in [0, 0.05) is 33.1 Å². The zero-order chi connectivity index (χ0) is 25.4. The van der Waals surface area contributed by atoms with Crippen LogP contribution in [-0.2, 0) is 4.79 Å². The lowest BCUT2D eigenvalue weighted by Crippen LogP contribution is -2.36. The van der Waals surface area contributed by atoms with Crippen LogP contribution in [0.5, 0.6) is 0 Å². The van der Waals surface area contributed by atoms with Gasteiger partial charge in [0.1, 0.15) is 5.69 Å². The molecule has 2 heterocycles. The molecule has 0 saturated carbocycles. The van der Waals surface area contributed by atoms with Crippen molar-refractivity contribution in [2.45, 2.75) is 19.9 Å². The highest BCUT2D eigenvalue weighted by molar-refractivity contribution is 9.10. The summed E-state index contributed by atoms with van der Waals surface area (Å²) < 4.78 is 2.44. The molecular formula is C26H20BrN5O3S. The number of halogens is 1. The fourth-order valence-corrected chi connectivity index (χ4v) is 5.40. The van der Waals surface area contributed by atoms with Crippen LogP contribution in [0.2, 0.25) is 0 Å². The Balaban J connectivity index is 1.79. The van der Waals surface area contributed by atoms with Crippen molar-refractivity contribution in [2.24, 2.45) is 10.1 Å². The third-order valence-electron chi connectivity index (χ3n) is 5.69.